The van der Waals surface area contributed by atoms with Gasteiger partial charge in [-0.2, -0.15) is 0 Å². The van der Waals surface area contributed by atoms with E-state index in [1.807, 2.05) is 13.8 Å². The van der Waals surface area contributed by atoms with E-state index in [0.717, 1.165) is 11.3 Å². The van der Waals surface area contributed by atoms with Crippen molar-refractivity contribution >= 4 is 33.0 Å². The maximum absolute atomic E-state index is 11.9. The first-order valence-corrected chi connectivity index (χ1v) is 8.25. The Kier molecular flexibility index (Phi) is 6.00. The van der Waals surface area contributed by atoms with E-state index in [2.05, 4.69) is 9.71 Å². The average molecular weight is 313 g/mol. The zero-order valence-electron chi connectivity index (χ0n) is 10.6. The van der Waals surface area contributed by atoms with E-state index in [1.165, 1.54) is 0 Å². The standard InChI is InChI=1S/C10H17ClN2O3S2/c1-7(2)16-6-4-5-12-18(14,15)9-8(3)13-10(11)17-9/h7,12H,4-6H2,1-3H3. The molecule has 0 saturated carbocycles. The van der Waals surface area contributed by atoms with Gasteiger partial charge >= 0.3 is 0 Å². The van der Waals surface area contributed by atoms with Crippen LogP contribution < -0.4 is 4.72 Å². The molecule has 1 rings (SSSR count). The molecule has 0 bridgehead atoms. The number of nitrogens with one attached hydrogen (secondary N) is 1. The number of aromatic nitrogens is 1. The lowest BCUT2D eigenvalue weighted by Crippen LogP contribution is -2.25. The van der Waals surface area contributed by atoms with Gasteiger partial charge in [0, 0.05) is 13.2 Å². The van der Waals surface area contributed by atoms with Gasteiger partial charge in [-0.15, -0.1) is 0 Å². The van der Waals surface area contributed by atoms with E-state index >= 15 is 0 Å². The summed E-state index contributed by atoms with van der Waals surface area (Å²) in [5, 5.41) is 0. The Bertz CT molecular complexity index is 485. The number of hydrogen-bond donors (Lipinski definition) is 1. The molecule has 0 aromatic carbocycles. The Morgan fingerprint density at radius 1 is 1.50 bits per heavy atom. The van der Waals surface area contributed by atoms with Gasteiger partial charge in [-0.25, -0.2) is 18.1 Å². The third kappa shape index (κ3) is 4.81. The van der Waals surface area contributed by atoms with Gasteiger partial charge in [0.15, 0.2) is 8.68 Å². The smallest absolute Gasteiger partial charge is 0.251 e. The first kappa shape index (κ1) is 15.8. The van der Waals surface area contributed by atoms with Crippen molar-refractivity contribution in [3.05, 3.63) is 10.2 Å². The second-order valence-electron chi connectivity index (χ2n) is 4.01. The Labute approximate surface area is 117 Å². The molecular formula is C10H17ClN2O3S2. The Morgan fingerprint density at radius 3 is 2.67 bits per heavy atom. The highest BCUT2D eigenvalue weighted by Gasteiger charge is 2.20. The molecule has 0 fully saturated rings. The molecule has 0 atom stereocenters. The van der Waals surface area contributed by atoms with Crippen LogP contribution in [0.2, 0.25) is 4.47 Å². The van der Waals surface area contributed by atoms with E-state index < -0.39 is 10.0 Å². The maximum atomic E-state index is 11.9. The zero-order chi connectivity index (χ0) is 13.8. The summed E-state index contributed by atoms with van der Waals surface area (Å²) in [4.78, 5) is 3.89. The molecule has 5 nitrogen and oxygen atoms in total. The summed E-state index contributed by atoms with van der Waals surface area (Å²) in [6.45, 7) is 6.37. The second kappa shape index (κ2) is 6.81. The monoisotopic (exact) mass is 312 g/mol. The van der Waals surface area contributed by atoms with Crippen LogP contribution in [0.25, 0.3) is 0 Å². The number of ether oxygens (including phenoxy) is 1. The molecule has 1 heterocycles. The largest absolute Gasteiger partial charge is 0.379 e. The van der Waals surface area contributed by atoms with Crippen molar-refractivity contribution in [3.63, 3.8) is 0 Å². The summed E-state index contributed by atoms with van der Waals surface area (Å²) in [6, 6.07) is 0. The number of aryl methyl sites for hydroxylation is 1. The summed E-state index contributed by atoms with van der Waals surface area (Å²) in [6.07, 6.45) is 0.785. The molecule has 0 spiro atoms. The van der Waals surface area contributed by atoms with Crippen molar-refractivity contribution in [2.75, 3.05) is 13.2 Å². The Hall–Kier alpha value is -0.210. The van der Waals surface area contributed by atoms with Crippen LogP contribution in [-0.4, -0.2) is 32.7 Å². The molecule has 0 radical (unpaired) electrons. The highest BCUT2D eigenvalue weighted by atomic mass is 35.5. The summed E-state index contributed by atoms with van der Waals surface area (Å²) in [7, 11) is -3.50. The molecule has 0 aliphatic rings. The third-order valence-corrected chi connectivity index (χ3v) is 5.37. The van der Waals surface area contributed by atoms with Crippen LogP contribution in [0.1, 0.15) is 26.0 Å². The number of hydrogen-bond acceptors (Lipinski definition) is 5. The second-order valence-corrected chi connectivity index (χ2v) is 7.55. The molecule has 0 saturated heterocycles. The quantitative estimate of drug-likeness (QED) is 0.784. The van der Waals surface area contributed by atoms with Crippen molar-refractivity contribution in [1.29, 1.82) is 0 Å². The molecule has 18 heavy (non-hydrogen) atoms. The fraction of sp³-hybridized carbons (Fsp3) is 0.700. The summed E-state index contributed by atoms with van der Waals surface area (Å²) in [5.74, 6) is 0. The third-order valence-electron chi connectivity index (χ3n) is 2.04. The van der Waals surface area contributed by atoms with Gasteiger partial charge in [0.2, 0.25) is 0 Å². The van der Waals surface area contributed by atoms with E-state index in [4.69, 9.17) is 16.3 Å². The molecule has 0 amide bonds. The minimum Gasteiger partial charge on any atom is -0.379 e. The first-order valence-electron chi connectivity index (χ1n) is 5.57. The minimum atomic E-state index is -3.50. The topological polar surface area (TPSA) is 68.3 Å². The first-order chi connectivity index (χ1) is 8.33. The van der Waals surface area contributed by atoms with E-state index in [0.29, 0.717) is 25.3 Å². The maximum Gasteiger partial charge on any atom is 0.251 e. The molecular weight excluding hydrogens is 296 g/mol. The number of halogens is 1. The predicted molar refractivity (Wildman–Crippen MR) is 72.8 cm³/mol. The highest BCUT2D eigenvalue weighted by molar-refractivity contribution is 7.91. The summed E-state index contributed by atoms with van der Waals surface area (Å²) in [5.41, 5.74) is 0.427. The number of sulfonamides is 1. The van der Waals surface area contributed by atoms with Gasteiger partial charge in [0.1, 0.15) is 0 Å². The predicted octanol–water partition coefficient (Wildman–Crippen LogP) is 2.20. The zero-order valence-corrected chi connectivity index (χ0v) is 13.0. The van der Waals surface area contributed by atoms with Gasteiger partial charge in [0.25, 0.3) is 10.0 Å². The minimum absolute atomic E-state index is 0.157. The van der Waals surface area contributed by atoms with Gasteiger partial charge in [-0.05, 0) is 27.2 Å². The molecule has 8 heteroatoms. The molecule has 1 aromatic rings. The fourth-order valence-electron chi connectivity index (χ4n) is 1.26. The number of rotatable bonds is 7. The normalized spacial score (nSPS) is 12.3. The Morgan fingerprint density at radius 2 is 2.17 bits per heavy atom. The van der Waals surface area contributed by atoms with Crippen molar-refractivity contribution < 1.29 is 13.2 Å². The lowest BCUT2D eigenvalue weighted by molar-refractivity contribution is 0.0778. The fourth-order valence-corrected chi connectivity index (χ4v) is 4.12. The molecule has 1 aromatic heterocycles. The van der Waals surface area contributed by atoms with Crippen LogP contribution in [0.4, 0.5) is 0 Å². The van der Waals surface area contributed by atoms with Crippen LogP contribution in [0, 0.1) is 6.92 Å². The number of nitrogens with zero attached hydrogens (tertiary/aromatic N) is 1. The molecule has 0 aliphatic carbocycles. The average Bonchev–Trinajstić information content (AvgIpc) is 2.57. The Balaban J connectivity index is 2.48. The molecule has 0 aliphatic heterocycles. The van der Waals surface area contributed by atoms with Crippen molar-refractivity contribution in [1.82, 2.24) is 9.71 Å². The number of thiazole rings is 1. The van der Waals surface area contributed by atoms with E-state index in [1.54, 1.807) is 6.92 Å². The van der Waals surface area contributed by atoms with E-state index in [-0.39, 0.29) is 14.8 Å². The van der Waals surface area contributed by atoms with Crippen LogP contribution in [-0.2, 0) is 14.8 Å². The SMILES string of the molecule is Cc1nc(Cl)sc1S(=O)(=O)NCCCOC(C)C. The lowest BCUT2D eigenvalue weighted by Gasteiger charge is -2.08. The van der Waals surface area contributed by atoms with Crippen molar-refractivity contribution in [3.8, 4) is 0 Å². The molecule has 104 valence electrons. The van der Waals surface area contributed by atoms with Gasteiger partial charge in [-0.3, -0.25) is 0 Å². The van der Waals surface area contributed by atoms with Crippen LogP contribution >= 0.6 is 22.9 Å². The molecule has 1 N–H and O–H groups in total. The van der Waals surface area contributed by atoms with Gasteiger partial charge in [0.05, 0.1) is 11.8 Å². The molecule has 0 unspecified atom stereocenters. The van der Waals surface area contributed by atoms with Crippen LogP contribution in [0.3, 0.4) is 0 Å². The van der Waals surface area contributed by atoms with Crippen molar-refractivity contribution in [2.24, 2.45) is 0 Å². The van der Waals surface area contributed by atoms with E-state index in [9.17, 15) is 8.42 Å². The lowest BCUT2D eigenvalue weighted by atomic mass is 10.4. The summed E-state index contributed by atoms with van der Waals surface area (Å²) >= 11 is 6.65. The highest BCUT2D eigenvalue weighted by Crippen LogP contribution is 2.26. The van der Waals surface area contributed by atoms with Gasteiger partial charge < -0.3 is 4.74 Å². The van der Waals surface area contributed by atoms with Crippen LogP contribution in [0.15, 0.2) is 4.21 Å². The van der Waals surface area contributed by atoms with Crippen LogP contribution in [0.5, 0.6) is 0 Å². The summed E-state index contributed by atoms with van der Waals surface area (Å²) < 4.78 is 32.1. The van der Waals surface area contributed by atoms with Gasteiger partial charge in [-0.1, -0.05) is 22.9 Å². The van der Waals surface area contributed by atoms with Crippen molar-refractivity contribution in [2.45, 2.75) is 37.5 Å².